The molecule has 1 fully saturated rings. The van der Waals surface area contributed by atoms with Crippen molar-refractivity contribution in [3.8, 4) is 0 Å². The van der Waals surface area contributed by atoms with E-state index in [4.69, 9.17) is 21.4 Å². The summed E-state index contributed by atoms with van der Waals surface area (Å²) in [4.78, 5) is 31.0. The largest absolute Gasteiger partial charge is 0.507 e. The molecule has 2 heterocycles. The van der Waals surface area contributed by atoms with Crippen molar-refractivity contribution >= 4 is 29.1 Å². The molecule has 0 aliphatic carbocycles. The summed E-state index contributed by atoms with van der Waals surface area (Å²) in [6.07, 6.45) is 1.56. The van der Waals surface area contributed by atoms with Crippen LogP contribution in [0.5, 0.6) is 0 Å². The van der Waals surface area contributed by atoms with Gasteiger partial charge in [-0.25, -0.2) is 0 Å². The SMILES string of the molecule is O=C1C(=O)N(CCOCCO)C(c2ccccn2)C1=C(O)c1ccc(Cl)cc1. The molecule has 1 unspecified atom stereocenters. The lowest BCUT2D eigenvalue weighted by molar-refractivity contribution is -0.140. The molecule has 1 amide bonds. The number of pyridine rings is 1. The molecule has 2 N–H and O–H groups in total. The molecule has 0 spiro atoms. The van der Waals surface area contributed by atoms with Crippen molar-refractivity contribution in [2.45, 2.75) is 6.04 Å². The zero-order valence-electron chi connectivity index (χ0n) is 14.9. The van der Waals surface area contributed by atoms with Gasteiger partial charge in [0.1, 0.15) is 11.8 Å². The van der Waals surface area contributed by atoms with Crippen LogP contribution in [-0.4, -0.2) is 58.2 Å². The number of ketones is 1. The number of likely N-dealkylation sites (tertiary alicyclic amines) is 1. The molecule has 0 bridgehead atoms. The first-order valence-electron chi connectivity index (χ1n) is 8.68. The summed E-state index contributed by atoms with van der Waals surface area (Å²) >= 11 is 5.89. The van der Waals surface area contributed by atoms with Crippen LogP contribution >= 0.6 is 11.6 Å². The maximum Gasteiger partial charge on any atom is 0.295 e. The van der Waals surface area contributed by atoms with Gasteiger partial charge in [-0.05, 0) is 36.4 Å². The van der Waals surface area contributed by atoms with Crippen LogP contribution in [0, 0.1) is 0 Å². The highest BCUT2D eigenvalue weighted by molar-refractivity contribution is 6.46. The van der Waals surface area contributed by atoms with E-state index in [1.54, 1.807) is 48.7 Å². The van der Waals surface area contributed by atoms with Gasteiger partial charge in [-0.1, -0.05) is 17.7 Å². The molecule has 146 valence electrons. The summed E-state index contributed by atoms with van der Waals surface area (Å²) < 4.78 is 5.24. The van der Waals surface area contributed by atoms with Crippen LogP contribution in [0.15, 0.2) is 54.2 Å². The fourth-order valence-electron chi connectivity index (χ4n) is 3.05. The number of benzene rings is 1. The molecule has 1 saturated heterocycles. The summed E-state index contributed by atoms with van der Waals surface area (Å²) in [6.45, 7) is 0.239. The third-order valence-corrected chi connectivity index (χ3v) is 4.59. The summed E-state index contributed by atoms with van der Waals surface area (Å²) in [6, 6.07) is 10.6. The predicted molar refractivity (Wildman–Crippen MR) is 103 cm³/mol. The van der Waals surface area contributed by atoms with Gasteiger partial charge < -0.3 is 19.8 Å². The van der Waals surface area contributed by atoms with Gasteiger partial charge in [-0.15, -0.1) is 0 Å². The first-order valence-corrected chi connectivity index (χ1v) is 9.06. The van der Waals surface area contributed by atoms with Crippen molar-refractivity contribution < 1.29 is 24.5 Å². The number of Topliss-reactive ketones (excluding diaryl/α,β-unsaturated/α-hetero) is 1. The smallest absolute Gasteiger partial charge is 0.295 e. The Bertz CT molecular complexity index is 883. The van der Waals surface area contributed by atoms with Gasteiger partial charge in [-0.3, -0.25) is 14.6 Å². The quantitative estimate of drug-likeness (QED) is 0.318. The van der Waals surface area contributed by atoms with Gasteiger partial charge in [0, 0.05) is 23.3 Å². The van der Waals surface area contributed by atoms with Gasteiger partial charge in [0.25, 0.3) is 11.7 Å². The molecule has 3 rings (SSSR count). The average Bonchev–Trinajstić information content (AvgIpc) is 2.97. The van der Waals surface area contributed by atoms with Gasteiger partial charge in [0.2, 0.25) is 0 Å². The molecule has 2 aromatic rings. The lowest BCUT2D eigenvalue weighted by atomic mass is 9.98. The van der Waals surface area contributed by atoms with Gasteiger partial charge >= 0.3 is 0 Å². The monoisotopic (exact) mass is 402 g/mol. The number of hydrogen-bond donors (Lipinski definition) is 2. The normalized spacial score (nSPS) is 18.6. The minimum absolute atomic E-state index is 0.0341. The number of rotatable bonds is 7. The van der Waals surface area contributed by atoms with E-state index in [1.165, 1.54) is 4.90 Å². The molecule has 1 atom stereocenters. The number of nitrogens with zero attached hydrogens (tertiary/aromatic N) is 2. The molecular weight excluding hydrogens is 384 g/mol. The van der Waals surface area contributed by atoms with Crippen LogP contribution in [0.4, 0.5) is 0 Å². The Morgan fingerprint density at radius 1 is 1.14 bits per heavy atom. The van der Waals surface area contributed by atoms with Crippen molar-refractivity contribution in [1.29, 1.82) is 0 Å². The zero-order valence-corrected chi connectivity index (χ0v) is 15.7. The highest BCUT2D eigenvalue weighted by Gasteiger charge is 2.46. The number of ether oxygens (including phenoxy) is 1. The van der Waals surface area contributed by atoms with E-state index in [-0.39, 0.29) is 37.7 Å². The van der Waals surface area contributed by atoms with Crippen LogP contribution in [-0.2, 0) is 14.3 Å². The van der Waals surface area contributed by atoms with Crippen molar-refractivity contribution in [3.05, 3.63) is 70.5 Å². The summed E-state index contributed by atoms with van der Waals surface area (Å²) in [5.74, 6) is -1.81. The van der Waals surface area contributed by atoms with Crippen LogP contribution in [0.25, 0.3) is 5.76 Å². The molecule has 28 heavy (non-hydrogen) atoms. The molecule has 0 saturated carbocycles. The molecular formula is C20H19ClN2O5. The minimum Gasteiger partial charge on any atom is -0.507 e. The molecule has 8 heteroatoms. The fourth-order valence-corrected chi connectivity index (χ4v) is 3.17. The Hall–Kier alpha value is -2.74. The van der Waals surface area contributed by atoms with E-state index in [9.17, 15) is 14.7 Å². The van der Waals surface area contributed by atoms with Crippen LogP contribution < -0.4 is 0 Å². The average molecular weight is 403 g/mol. The van der Waals surface area contributed by atoms with Crippen molar-refractivity contribution in [2.75, 3.05) is 26.4 Å². The van der Waals surface area contributed by atoms with E-state index >= 15 is 0 Å². The number of amides is 1. The summed E-state index contributed by atoms with van der Waals surface area (Å²) in [5.41, 5.74) is 0.799. The number of carbonyl (C=O) groups excluding carboxylic acids is 2. The second-order valence-electron chi connectivity index (χ2n) is 6.09. The standard InChI is InChI=1S/C20H19ClN2O5/c21-14-6-4-13(5-7-14)18(25)16-17(15-3-1-2-8-22-15)23(20(27)19(16)26)9-11-28-12-10-24/h1-8,17,24-25H,9-12H2. The van der Waals surface area contributed by atoms with E-state index in [1.807, 2.05) is 0 Å². The van der Waals surface area contributed by atoms with Crippen LogP contribution in [0.3, 0.4) is 0 Å². The topological polar surface area (TPSA) is 100.0 Å². The van der Waals surface area contributed by atoms with Gasteiger partial charge in [0.05, 0.1) is 31.1 Å². The summed E-state index contributed by atoms with van der Waals surface area (Å²) in [7, 11) is 0. The highest BCUT2D eigenvalue weighted by Crippen LogP contribution is 2.38. The molecule has 0 radical (unpaired) electrons. The zero-order chi connectivity index (χ0) is 20.1. The van der Waals surface area contributed by atoms with E-state index in [0.29, 0.717) is 16.3 Å². The maximum atomic E-state index is 12.7. The molecule has 1 aromatic heterocycles. The molecule has 1 aliphatic heterocycles. The van der Waals surface area contributed by atoms with Crippen molar-refractivity contribution in [3.63, 3.8) is 0 Å². The van der Waals surface area contributed by atoms with E-state index in [0.717, 1.165) is 0 Å². The molecule has 1 aliphatic rings. The number of hydrogen-bond acceptors (Lipinski definition) is 6. The molecule has 1 aromatic carbocycles. The lowest BCUT2D eigenvalue weighted by Crippen LogP contribution is -2.33. The maximum absolute atomic E-state index is 12.7. The second-order valence-corrected chi connectivity index (χ2v) is 6.53. The lowest BCUT2D eigenvalue weighted by Gasteiger charge is -2.24. The first-order chi connectivity index (χ1) is 13.5. The fraction of sp³-hybridized carbons (Fsp3) is 0.250. The van der Waals surface area contributed by atoms with E-state index in [2.05, 4.69) is 4.98 Å². The van der Waals surface area contributed by atoms with Crippen molar-refractivity contribution in [1.82, 2.24) is 9.88 Å². The van der Waals surface area contributed by atoms with Crippen LogP contribution in [0.2, 0.25) is 5.02 Å². The Balaban J connectivity index is 2.03. The Kier molecular flexibility index (Phi) is 6.41. The van der Waals surface area contributed by atoms with Gasteiger partial charge in [0.15, 0.2) is 0 Å². The third-order valence-electron chi connectivity index (χ3n) is 4.34. The Morgan fingerprint density at radius 2 is 1.89 bits per heavy atom. The Morgan fingerprint density at radius 3 is 2.54 bits per heavy atom. The third kappa shape index (κ3) is 4.06. The second kappa shape index (κ2) is 8.97. The number of aromatic nitrogens is 1. The minimum atomic E-state index is -0.838. The molecule has 7 nitrogen and oxygen atoms in total. The van der Waals surface area contributed by atoms with E-state index < -0.39 is 17.7 Å². The predicted octanol–water partition coefficient (Wildman–Crippen LogP) is 2.17. The van der Waals surface area contributed by atoms with Crippen LogP contribution in [0.1, 0.15) is 17.3 Å². The number of halogens is 1. The Labute approximate surface area is 166 Å². The number of aliphatic hydroxyl groups excluding tert-OH is 2. The highest BCUT2D eigenvalue weighted by atomic mass is 35.5. The van der Waals surface area contributed by atoms with Crippen molar-refractivity contribution in [2.24, 2.45) is 0 Å². The summed E-state index contributed by atoms with van der Waals surface area (Å²) in [5, 5.41) is 20.1. The van der Waals surface area contributed by atoms with Gasteiger partial charge in [-0.2, -0.15) is 0 Å². The number of carbonyl (C=O) groups is 2. The first kappa shape index (κ1) is 20.0. The number of aliphatic hydroxyl groups is 2.